The SMILES string of the molecule is O=C1C=C(Cc2ccc(N=C(c3ccccc3)C3C(=O)Nc4ccc([N+](=O)[O-])cc43)cc2)C(=O)N1. The normalized spacial score (nSPS) is 17.0. The molecule has 0 aliphatic carbocycles. The second-order valence-corrected chi connectivity index (χ2v) is 8.15. The highest BCUT2D eigenvalue weighted by molar-refractivity contribution is 6.24. The van der Waals surface area contributed by atoms with Crippen molar-refractivity contribution in [3.05, 3.63) is 111 Å². The van der Waals surface area contributed by atoms with Crippen molar-refractivity contribution in [2.24, 2.45) is 4.99 Å². The molecule has 3 aromatic carbocycles. The number of nitro groups is 1. The van der Waals surface area contributed by atoms with Gasteiger partial charge in [0.05, 0.1) is 16.3 Å². The summed E-state index contributed by atoms with van der Waals surface area (Å²) < 4.78 is 0. The van der Waals surface area contributed by atoms with Gasteiger partial charge in [-0.25, -0.2) is 0 Å². The molecule has 3 amide bonds. The van der Waals surface area contributed by atoms with E-state index < -0.39 is 22.7 Å². The number of non-ortho nitro benzene ring substituents is 1. The lowest BCUT2D eigenvalue weighted by Gasteiger charge is -2.14. The molecule has 2 aliphatic heterocycles. The summed E-state index contributed by atoms with van der Waals surface area (Å²) in [5.41, 5.74) is 3.85. The number of aliphatic imine (C=N–C) groups is 1. The fourth-order valence-electron chi connectivity index (χ4n) is 4.17. The number of carbonyl (C=O) groups is 3. The molecule has 35 heavy (non-hydrogen) atoms. The smallest absolute Gasteiger partial charge is 0.269 e. The van der Waals surface area contributed by atoms with Crippen LogP contribution in [-0.4, -0.2) is 28.4 Å². The summed E-state index contributed by atoms with van der Waals surface area (Å²) in [4.78, 5) is 51.8. The Labute approximate surface area is 199 Å². The number of benzene rings is 3. The van der Waals surface area contributed by atoms with E-state index in [4.69, 9.17) is 4.99 Å². The molecule has 2 aliphatic rings. The molecule has 0 saturated carbocycles. The number of nitrogens with one attached hydrogen (secondary N) is 2. The summed E-state index contributed by atoms with van der Waals surface area (Å²) in [6.07, 6.45) is 1.59. The van der Waals surface area contributed by atoms with E-state index in [0.717, 1.165) is 5.56 Å². The molecule has 1 atom stereocenters. The van der Waals surface area contributed by atoms with Gasteiger partial charge >= 0.3 is 0 Å². The second kappa shape index (κ2) is 8.79. The van der Waals surface area contributed by atoms with E-state index >= 15 is 0 Å². The maximum Gasteiger partial charge on any atom is 0.269 e. The Bertz CT molecular complexity index is 1440. The molecule has 0 radical (unpaired) electrons. The lowest BCUT2D eigenvalue weighted by Crippen LogP contribution is -2.22. The molecule has 5 rings (SSSR count). The molecule has 3 aromatic rings. The van der Waals surface area contributed by atoms with Crippen LogP contribution < -0.4 is 10.6 Å². The molecular weight excluding hydrogens is 448 g/mol. The summed E-state index contributed by atoms with van der Waals surface area (Å²) in [5.74, 6) is -1.97. The first-order valence-corrected chi connectivity index (χ1v) is 10.8. The van der Waals surface area contributed by atoms with E-state index in [-0.39, 0.29) is 11.6 Å². The molecule has 0 fully saturated rings. The van der Waals surface area contributed by atoms with Gasteiger partial charge in [-0.2, -0.15) is 0 Å². The van der Waals surface area contributed by atoms with Crippen molar-refractivity contribution in [3.63, 3.8) is 0 Å². The number of rotatable bonds is 6. The van der Waals surface area contributed by atoms with Gasteiger partial charge in [0.25, 0.3) is 17.5 Å². The molecule has 2 N–H and O–H groups in total. The summed E-state index contributed by atoms with van der Waals surface area (Å²) in [7, 11) is 0. The highest BCUT2D eigenvalue weighted by Gasteiger charge is 2.36. The Morgan fingerprint density at radius 2 is 1.69 bits per heavy atom. The molecule has 9 heteroatoms. The Morgan fingerprint density at radius 3 is 2.34 bits per heavy atom. The van der Waals surface area contributed by atoms with Crippen LogP contribution >= 0.6 is 0 Å². The average Bonchev–Trinajstić information content (AvgIpc) is 3.35. The number of hydrogen-bond donors (Lipinski definition) is 2. The van der Waals surface area contributed by atoms with Crippen LogP contribution in [0.4, 0.5) is 17.1 Å². The van der Waals surface area contributed by atoms with E-state index in [2.05, 4.69) is 10.6 Å². The van der Waals surface area contributed by atoms with Crippen molar-refractivity contribution < 1.29 is 19.3 Å². The monoisotopic (exact) mass is 466 g/mol. The number of anilines is 1. The molecule has 1 unspecified atom stereocenters. The zero-order valence-corrected chi connectivity index (χ0v) is 18.2. The van der Waals surface area contributed by atoms with Crippen LogP contribution in [0.1, 0.15) is 22.6 Å². The predicted octanol–water partition coefficient (Wildman–Crippen LogP) is 3.58. The minimum atomic E-state index is -0.828. The average molecular weight is 466 g/mol. The third kappa shape index (κ3) is 4.34. The first kappa shape index (κ1) is 21.9. The summed E-state index contributed by atoms with van der Waals surface area (Å²) in [6.45, 7) is 0. The van der Waals surface area contributed by atoms with Gasteiger partial charge in [0.2, 0.25) is 5.91 Å². The van der Waals surface area contributed by atoms with Crippen LogP contribution in [0.15, 0.2) is 89.4 Å². The van der Waals surface area contributed by atoms with E-state index in [1.165, 1.54) is 24.3 Å². The van der Waals surface area contributed by atoms with Crippen molar-refractivity contribution in [3.8, 4) is 0 Å². The number of nitro benzene ring substituents is 1. The minimum Gasteiger partial charge on any atom is -0.325 e. The van der Waals surface area contributed by atoms with Gasteiger partial charge in [0.15, 0.2) is 0 Å². The largest absolute Gasteiger partial charge is 0.325 e. The number of carbonyl (C=O) groups excluding carboxylic acids is 3. The molecule has 0 spiro atoms. The Morgan fingerprint density at radius 1 is 0.943 bits per heavy atom. The Hall–Kier alpha value is -4.92. The number of nitrogens with zero attached hydrogens (tertiary/aromatic N) is 2. The maximum atomic E-state index is 13.0. The van der Waals surface area contributed by atoms with Crippen LogP contribution in [0.25, 0.3) is 0 Å². The Kier molecular flexibility index (Phi) is 5.50. The van der Waals surface area contributed by atoms with Gasteiger partial charge in [0, 0.05) is 41.5 Å². The van der Waals surface area contributed by atoms with Crippen LogP contribution in [-0.2, 0) is 20.8 Å². The summed E-state index contributed by atoms with van der Waals surface area (Å²) in [5, 5.41) is 16.4. The standard InChI is InChI=1S/C26H18N4O5/c31-22-13-17(25(32)29-22)12-15-6-8-18(9-7-15)27-24(16-4-2-1-3-5-16)23-20-14-19(30(34)35)10-11-21(20)28-26(23)33/h1-11,13-14,23H,12H2,(H,28,33)(H,29,31,32). The van der Waals surface area contributed by atoms with Gasteiger partial charge in [-0.1, -0.05) is 42.5 Å². The minimum absolute atomic E-state index is 0.106. The maximum absolute atomic E-state index is 13.0. The number of imide groups is 1. The lowest BCUT2D eigenvalue weighted by molar-refractivity contribution is -0.384. The lowest BCUT2D eigenvalue weighted by atomic mass is 9.90. The van der Waals surface area contributed by atoms with E-state index in [1.807, 2.05) is 30.3 Å². The van der Waals surface area contributed by atoms with Gasteiger partial charge in [0.1, 0.15) is 5.92 Å². The number of hydrogen-bond acceptors (Lipinski definition) is 6. The van der Waals surface area contributed by atoms with Crippen LogP contribution in [0.3, 0.4) is 0 Å². The summed E-state index contributed by atoms with van der Waals surface area (Å²) in [6, 6.07) is 20.6. The molecule has 0 saturated heterocycles. The van der Waals surface area contributed by atoms with Crippen molar-refractivity contribution in [2.45, 2.75) is 12.3 Å². The molecule has 9 nitrogen and oxygen atoms in total. The third-order valence-electron chi connectivity index (χ3n) is 5.83. The first-order valence-electron chi connectivity index (χ1n) is 10.8. The topological polar surface area (TPSA) is 131 Å². The summed E-state index contributed by atoms with van der Waals surface area (Å²) >= 11 is 0. The van der Waals surface area contributed by atoms with E-state index in [1.54, 1.807) is 24.3 Å². The van der Waals surface area contributed by atoms with Gasteiger partial charge < -0.3 is 5.32 Å². The highest BCUT2D eigenvalue weighted by atomic mass is 16.6. The fraction of sp³-hybridized carbons (Fsp3) is 0.0769. The fourth-order valence-corrected chi connectivity index (χ4v) is 4.17. The number of fused-ring (bicyclic) bond motifs is 1. The quantitative estimate of drug-likeness (QED) is 0.248. The second-order valence-electron chi connectivity index (χ2n) is 8.15. The van der Waals surface area contributed by atoms with Gasteiger partial charge in [-0.15, -0.1) is 0 Å². The van der Waals surface area contributed by atoms with Crippen molar-refractivity contribution in [1.82, 2.24) is 5.32 Å². The van der Waals surface area contributed by atoms with Crippen molar-refractivity contribution in [1.29, 1.82) is 0 Å². The highest BCUT2D eigenvalue weighted by Crippen LogP contribution is 2.38. The van der Waals surface area contributed by atoms with Crippen molar-refractivity contribution >= 4 is 40.5 Å². The Balaban J connectivity index is 1.52. The zero-order valence-electron chi connectivity index (χ0n) is 18.2. The number of amides is 3. The molecule has 0 aromatic heterocycles. The van der Waals surface area contributed by atoms with Crippen molar-refractivity contribution in [2.75, 3.05) is 5.32 Å². The molecule has 172 valence electrons. The van der Waals surface area contributed by atoms with Crippen LogP contribution in [0.2, 0.25) is 0 Å². The molecule has 0 bridgehead atoms. The predicted molar refractivity (Wildman–Crippen MR) is 128 cm³/mol. The molecule has 2 heterocycles. The van der Waals surface area contributed by atoms with Gasteiger partial charge in [-0.05, 0) is 29.3 Å². The van der Waals surface area contributed by atoms with E-state index in [9.17, 15) is 24.5 Å². The first-order chi connectivity index (χ1) is 16.9. The van der Waals surface area contributed by atoms with E-state index in [0.29, 0.717) is 40.2 Å². The third-order valence-corrected chi connectivity index (χ3v) is 5.83. The van der Waals surface area contributed by atoms with Gasteiger partial charge in [-0.3, -0.25) is 34.8 Å². The molecular formula is C26H18N4O5. The zero-order chi connectivity index (χ0) is 24.5. The van der Waals surface area contributed by atoms with Crippen LogP contribution in [0.5, 0.6) is 0 Å². The van der Waals surface area contributed by atoms with Crippen LogP contribution in [0, 0.1) is 10.1 Å².